The van der Waals surface area contributed by atoms with E-state index in [0.29, 0.717) is 31.6 Å². The van der Waals surface area contributed by atoms with Crippen LogP contribution in [0.2, 0.25) is 0 Å². The first kappa shape index (κ1) is 16.1. The van der Waals surface area contributed by atoms with E-state index in [0.717, 1.165) is 30.8 Å². The largest absolute Gasteiger partial charge is 0.376 e. The summed E-state index contributed by atoms with van der Waals surface area (Å²) in [5.74, 6) is -0.204. The van der Waals surface area contributed by atoms with E-state index in [-0.39, 0.29) is 23.1 Å². The quantitative estimate of drug-likeness (QED) is 0.911. The maximum Gasteiger partial charge on any atom is 0.263 e. The summed E-state index contributed by atoms with van der Waals surface area (Å²) in [6, 6.07) is 1.84. The van der Waals surface area contributed by atoms with E-state index in [9.17, 15) is 9.59 Å². The summed E-state index contributed by atoms with van der Waals surface area (Å²) in [5.41, 5.74) is 2.71. The van der Waals surface area contributed by atoms with Gasteiger partial charge < -0.3 is 19.2 Å². The normalized spacial score (nSPS) is 19.9. The Morgan fingerprint density at radius 3 is 3.16 bits per heavy atom. The summed E-state index contributed by atoms with van der Waals surface area (Å²) in [5, 5.41) is 0. The monoisotopic (exact) mass is 342 g/mol. The van der Waals surface area contributed by atoms with Crippen molar-refractivity contribution in [3.63, 3.8) is 0 Å². The van der Waals surface area contributed by atoms with Crippen molar-refractivity contribution in [1.29, 1.82) is 0 Å². The number of carbonyl (C=O) groups excluding carboxylic acids is 1. The smallest absolute Gasteiger partial charge is 0.263 e. The second-order valence-electron chi connectivity index (χ2n) is 6.77. The molecule has 2 aliphatic heterocycles. The number of hydrogen-bond acceptors (Lipinski definition) is 4. The van der Waals surface area contributed by atoms with Crippen LogP contribution >= 0.6 is 0 Å². The molecule has 0 aliphatic carbocycles. The second-order valence-corrected chi connectivity index (χ2v) is 6.77. The van der Waals surface area contributed by atoms with E-state index in [1.54, 1.807) is 22.0 Å². The molecule has 0 bridgehead atoms. The molecule has 25 heavy (non-hydrogen) atoms. The van der Waals surface area contributed by atoms with Crippen molar-refractivity contribution < 1.29 is 9.53 Å². The Hall–Kier alpha value is -2.41. The molecule has 2 aromatic rings. The van der Waals surface area contributed by atoms with Gasteiger partial charge in [0.25, 0.3) is 11.5 Å². The molecule has 7 nitrogen and oxygen atoms in total. The van der Waals surface area contributed by atoms with E-state index < -0.39 is 0 Å². The first-order valence-electron chi connectivity index (χ1n) is 8.75. The lowest BCUT2D eigenvalue weighted by atomic mass is 10.1. The SMILES string of the molecule is Cc1ccn(CC2CCCO2)c(=O)c1C(=O)N1CCc2nc[nH]c2C1. The molecule has 1 atom stereocenters. The molecule has 1 amide bonds. The number of ether oxygens (including phenoxy) is 1. The minimum Gasteiger partial charge on any atom is -0.376 e. The van der Waals surface area contributed by atoms with Crippen molar-refractivity contribution in [3.05, 3.63) is 51.5 Å². The fourth-order valence-electron chi connectivity index (χ4n) is 3.62. The maximum absolute atomic E-state index is 13.0. The van der Waals surface area contributed by atoms with Gasteiger partial charge in [-0.25, -0.2) is 4.98 Å². The Bertz CT molecular complexity index is 848. The van der Waals surface area contributed by atoms with Gasteiger partial charge in [0.05, 0.1) is 36.9 Å². The Labute approximate surface area is 145 Å². The maximum atomic E-state index is 13.0. The van der Waals surface area contributed by atoms with Crippen molar-refractivity contribution in [1.82, 2.24) is 19.4 Å². The van der Waals surface area contributed by atoms with Crippen molar-refractivity contribution in [2.24, 2.45) is 0 Å². The van der Waals surface area contributed by atoms with Gasteiger partial charge in [-0.15, -0.1) is 0 Å². The predicted octanol–water partition coefficient (Wildman–Crippen LogP) is 1.26. The van der Waals surface area contributed by atoms with Gasteiger partial charge in [-0.05, 0) is 31.4 Å². The lowest BCUT2D eigenvalue weighted by molar-refractivity contribution is 0.0725. The number of nitrogens with zero attached hydrogens (tertiary/aromatic N) is 3. The Balaban J connectivity index is 1.60. The average molecular weight is 342 g/mol. The van der Waals surface area contributed by atoms with Crippen LogP contribution in [0.1, 0.15) is 40.2 Å². The Morgan fingerprint density at radius 1 is 1.48 bits per heavy atom. The molecule has 4 rings (SSSR count). The third kappa shape index (κ3) is 3.00. The molecule has 132 valence electrons. The van der Waals surface area contributed by atoms with Crippen LogP contribution in [-0.2, 0) is 24.2 Å². The van der Waals surface area contributed by atoms with E-state index in [4.69, 9.17) is 4.74 Å². The number of aryl methyl sites for hydroxylation is 1. The predicted molar refractivity (Wildman–Crippen MR) is 91.4 cm³/mol. The summed E-state index contributed by atoms with van der Waals surface area (Å²) >= 11 is 0. The van der Waals surface area contributed by atoms with Gasteiger partial charge in [-0.3, -0.25) is 9.59 Å². The molecular weight excluding hydrogens is 320 g/mol. The number of nitrogens with one attached hydrogen (secondary N) is 1. The van der Waals surface area contributed by atoms with Gasteiger partial charge in [0.15, 0.2) is 0 Å². The molecule has 1 fully saturated rings. The average Bonchev–Trinajstić information content (AvgIpc) is 3.28. The van der Waals surface area contributed by atoms with Crippen molar-refractivity contribution in [2.45, 2.75) is 45.4 Å². The number of fused-ring (bicyclic) bond motifs is 1. The molecule has 1 saturated heterocycles. The molecule has 1 unspecified atom stereocenters. The minimum atomic E-state index is -0.226. The molecule has 0 radical (unpaired) electrons. The molecule has 0 aromatic carbocycles. The molecule has 2 aromatic heterocycles. The third-order valence-electron chi connectivity index (χ3n) is 5.07. The Kier molecular flexibility index (Phi) is 4.17. The molecule has 7 heteroatoms. The van der Waals surface area contributed by atoms with Crippen molar-refractivity contribution >= 4 is 5.91 Å². The number of imidazole rings is 1. The fourth-order valence-corrected chi connectivity index (χ4v) is 3.62. The number of rotatable bonds is 3. The van der Waals surface area contributed by atoms with Gasteiger partial charge in [-0.1, -0.05) is 0 Å². The molecule has 0 spiro atoms. The second kappa shape index (κ2) is 6.48. The number of hydrogen-bond donors (Lipinski definition) is 1. The summed E-state index contributed by atoms with van der Waals surface area (Å²) in [7, 11) is 0. The van der Waals surface area contributed by atoms with Crippen molar-refractivity contribution in [3.8, 4) is 0 Å². The number of H-pyrrole nitrogens is 1. The van der Waals surface area contributed by atoms with Gasteiger partial charge >= 0.3 is 0 Å². The van der Waals surface area contributed by atoms with Crippen LogP contribution in [0, 0.1) is 6.92 Å². The zero-order valence-corrected chi connectivity index (χ0v) is 14.3. The van der Waals surface area contributed by atoms with Gasteiger partial charge in [0.2, 0.25) is 0 Å². The van der Waals surface area contributed by atoms with Crippen LogP contribution in [-0.4, -0.2) is 44.6 Å². The van der Waals surface area contributed by atoms with E-state index in [2.05, 4.69) is 9.97 Å². The van der Waals surface area contributed by atoms with Crippen LogP contribution in [0.25, 0.3) is 0 Å². The van der Waals surface area contributed by atoms with Crippen LogP contribution < -0.4 is 5.56 Å². The summed E-state index contributed by atoms with van der Waals surface area (Å²) in [6.07, 6.45) is 6.17. The first-order chi connectivity index (χ1) is 12.1. The molecule has 2 aliphatic rings. The standard InChI is InChI=1S/C18H22N4O3/c1-12-4-6-21(9-13-3-2-8-25-13)17(23)16(12)18(24)22-7-5-14-15(10-22)20-11-19-14/h4,6,11,13H,2-3,5,7-10H2,1H3,(H,19,20). The first-order valence-corrected chi connectivity index (χ1v) is 8.75. The fraction of sp³-hybridized carbons (Fsp3) is 0.500. The summed E-state index contributed by atoms with van der Waals surface area (Å²) in [4.78, 5) is 35.0. The zero-order chi connectivity index (χ0) is 17.4. The van der Waals surface area contributed by atoms with Crippen LogP contribution in [0.5, 0.6) is 0 Å². The zero-order valence-electron chi connectivity index (χ0n) is 14.3. The molecular formula is C18H22N4O3. The highest BCUT2D eigenvalue weighted by atomic mass is 16.5. The van der Waals surface area contributed by atoms with E-state index in [1.807, 2.05) is 13.0 Å². The number of aromatic amines is 1. The minimum absolute atomic E-state index is 0.0610. The summed E-state index contributed by atoms with van der Waals surface area (Å²) < 4.78 is 7.24. The van der Waals surface area contributed by atoms with Crippen LogP contribution in [0.4, 0.5) is 0 Å². The highest BCUT2D eigenvalue weighted by molar-refractivity contribution is 5.95. The van der Waals surface area contributed by atoms with Crippen LogP contribution in [0.15, 0.2) is 23.4 Å². The lowest BCUT2D eigenvalue weighted by Crippen LogP contribution is -2.41. The number of aromatic nitrogens is 3. The van der Waals surface area contributed by atoms with Crippen molar-refractivity contribution in [2.75, 3.05) is 13.2 Å². The number of carbonyl (C=O) groups is 1. The number of pyridine rings is 1. The highest BCUT2D eigenvalue weighted by Gasteiger charge is 2.27. The molecule has 0 saturated carbocycles. The van der Waals surface area contributed by atoms with Gasteiger partial charge in [0, 0.05) is 25.8 Å². The summed E-state index contributed by atoms with van der Waals surface area (Å²) in [6.45, 7) is 4.11. The van der Waals surface area contributed by atoms with E-state index in [1.165, 1.54) is 0 Å². The van der Waals surface area contributed by atoms with Gasteiger partial charge in [-0.2, -0.15) is 0 Å². The number of amides is 1. The Morgan fingerprint density at radius 2 is 2.36 bits per heavy atom. The highest BCUT2D eigenvalue weighted by Crippen LogP contribution is 2.18. The third-order valence-corrected chi connectivity index (χ3v) is 5.07. The topological polar surface area (TPSA) is 80.2 Å². The van der Waals surface area contributed by atoms with E-state index >= 15 is 0 Å². The van der Waals surface area contributed by atoms with Gasteiger partial charge in [0.1, 0.15) is 5.56 Å². The molecule has 1 N–H and O–H groups in total. The lowest BCUT2D eigenvalue weighted by Gasteiger charge is -2.27. The molecule has 4 heterocycles. The van der Waals surface area contributed by atoms with Crippen LogP contribution in [0.3, 0.4) is 0 Å².